The molecule has 1 aromatic rings. The lowest BCUT2D eigenvalue weighted by Crippen LogP contribution is -2.39. The molecule has 6 nitrogen and oxygen atoms in total. The Morgan fingerprint density at radius 2 is 1.65 bits per heavy atom. The highest BCUT2D eigenvalue weighted by Gasteiger charge is 2.26. The average Bonchev–Trinajstić information content (AvgIpc) is 2.65. The van der Waals surface area contributed by atoms with E-state index in [1.54, 1.807) is 28.6 Å². The minimum absolute atomic E-state index is 0.0574. The van der Waals surface area contributed by atoms with Gasteiger partial charge in [-0.2, -0.15) is 4.31 Å². The number of amides is 1. The number of benzene rings is 1. The van der Waals surface area contributed by atoms with E-state index >= 15 is 0 Å². The van der Waals surface area contributed by atoms with Crippen LogP contribution in [0.2, 0.25) is 0 Å². The number of piperidine rings is 1. The Bertz CT molecular complexity index is 704. The molecule has 144 valence electrons. The molecule has 26 heavy (non-hydrogen) atoms. The monoisotopic (exact) mass is 380 g/mol. The number of hydrogen-bond acceptors (Lipinski definition) is 4. The molecule has 1 saturated heterocycles. The zero-order valence-electron chi connectivity index (χ0n) is 15.1. The molecule has 7 heteroatoms. The molecule has 1 aliphatic carbocycles. The van der Waals surface area contributed by atoms with Gasteiger partial charge in [0.2, 0.25) is 15.9 Å². The smallest absolute Gasteiger partial charge is 0.243 e. The molecular formula is C19H28N2O4S. The standard InChI is InChI=1S/C19H28N2O4S/c22-17-8-6-16(7-9-17)20-19(23)14-15-4-10-18(11-5-15)26(24,25)21-12-2-1-3-13-21/h4-5,10-11,16-17,22H,1-3,6-9,12-14H2,(H,20,23). The average molecular weight is 381 g/mol. The molecule has 2 N–H and O–H groups in total. The van der Waals surface area contributed by atoms with E-state index in [9.17, 15) is 18.3 Å². The van der Waals surface area contributed by atoms with Crippen LogP contribution in [-0.4, -0.2) is 49.0 Å². The minimum Gasteiger partial charge on any atom is -0.393 e. The van der Waals surface area contributed by atoms with Crippen LogP contribution in [-0.2, 0) is 21.2 Å². The van der Waals surface area contributed by atoms with Crippen molar-refractivity contribution in [2.75, 3.05) is 13.1 Å². The normalized spacial score (nSPS) is 25.0. The number of hydrogen-bond donors (Lipinski definition) is 2. The van der Waals surface area contributed by atoms with E-state index in [1.165, 1.54) is 0 Å². The molecule has 0 radical (unpaired) electrons. The van der Waals surface area contributed by atoms with Gasteiger partial charge >= 0.3 is 0 Å². The van der Waals surface area contributed by atoms with Crippen molar-refractivity contribution >= 4 is 15.9 Å². The molecule has 1 heterocycles. The fraction of sp³-hybridized carbons (Fsp3) is 0.632. The summed E-state index contributed by atoms with van der Waals surface area (Å²) in [4.78, 5) is 12.5. The van der Waals surface area contributed by atoms with Crippen LogP contribution >= 0.6 is 0 Å². The molecular weight excluding hydrogens is 352 g/mol. The summed E-state index contributed by atoms with van der Waals surface area (Å²) < 4.78 is 26.8. The van der Waals surface area contributed by atoms with Gasteiger partial charge in [-0.3, -0.25) is 4.79 Å². The maximum absolute atomic E-state index is 12.6. The molecule has 2 fully saturated rings. The Labute approximate surface area is 155 Å². The summed E-state index contributed by atoms with van der Waals surface area (Å²) in [6, 6.07) is 6.78. The van der Waals surface area contributed by atoms with Crippen LogP contribution in [0.1, 0.15) is 50.5 Å². The third kappa shape index (κ3) is 4.84. The van der Waals surface area contributed by atoms with Crippen LogP contribution < -0.4 is 5.32 Å². The quantitative estimate of drug-likeness (QED) is 0.816. The first-order valence-electron chi connectivity index (χ1n) is 9.51. The van der Waals surface area contributed by atoms with Crippen molar-refractivity contribution < 1.29 is 18.3 Å². The van der Waals surface area contributed by atoms with Gasteiger partial charge in [-0.05, 0) is 56.2 Å². The van der Waals surface area contributed by atoms with Gasteiger partial charge in [-0.15, -0.1) is 0 Å². The molecule has 0 spiro atoms. The molecule has 0 bridgehead atoms. The molecule has 1 aromatic carbocycles. The molecule has 0 aromatic heterocycles. The highest BCUT2D eigenvalue weighted by Crippen LogP contribution is 2.21. The maximum atomic E-state index is 12.6. The van der Waals surface area contributed by atoms with E-state index in [1.807, 2.05) is 0 Å². The van der Waals surface area contributed by atoms with E-state index in [0.29, 0.717) is 18.0 Å². The Morgan fingerprint density at radius 1 is 1.04 bits per heavy atom. The first-order valence-corrected chi connectivity index (χ1v) is 11.0. The highest BCUT2D eigenvalue weighted by molar-refractivity contribution is 7.89. The summed E-state index contributed by atoms with van der Waals surface area (Å²) in [5.74, 6) is -0.0574. The largest absolute Gasteiger partial charge is 0.393 e. The van der Waals surface area contributed by atoms with E-state index in [-0.39, 0.29) is 24.5 Å². The van der Waals surface area contributed by atoms with Crippen LogP contribution in [0.25, 0.3) is 0 Å². The molecule has 3 rings (SSSR count). The second kappa shape index (κ2) is 8.50. The number of carbonyl (C=O) groups excluding carboxylic acids is 1. The molecule has 1 aliphatic heterocycles. The van der Waals surface area contributed by atoms with Crippen LogP contribution in [0.15, 0.2) is 29.2 Å². The first-order chi connectivity index (χ1) is 12.4. The van der Waals surface area contributed by atoms with Crippen LogP contribution in [0.4, 0.5) is 0 Å². The number of aliphatic hydroxyl groups is 1. The lowest BCUT2D eigenvalue weighted by Gasteiger charge is -2.26. The van der Waals surface area contributed by atoms with E-state index in [4.69, 9.17) is 0 Å². The summed E-state index contributed by atoms with van der Waals surface area (Å²) in [6.45, 7) is 1.17. The number of aliphatic hydroxyl groups excluding tert-OH is 1. The number of rotatable bonds is 5. The van der Waals surface area contributed by atoms with Crippen molar-refractivity contribution in [2.24, 2.45) is 0 Å². The van der Waals surface area contributed by atoms with Gasteiger partial charge in [-0.1, -0.05) is 18.6 Å². The summed E-state index contributed by atoms with van der Waals surface area (Å²) in [5.41, 5.74) is 0.802. The van der Waals surface area contributed by atoms with Gasteiger partial charge in [0.15, 0.2) is 0 Å². The van der Waals surface area contributed by atoms with Crippen molar-refractivity contribution in [3.05, 3.63) is 29.8 Å². The Balaban J connectivity index is 1.56. The Morgan fingerprint density at radius 3 is 2.27 bits per heavy atom. The third-order valence-corrected chi connectivity index (χ3v) is 7.22. The van der Waals surface area contributed by atoms with E-state index in [2.05, 4.69) is 5.32 Å². The van der Waals surface area contributed by atoms with Crippen molar-refractivity contribution in [3.8, 4) is 0 Å². The Hall–Kier alpha value is -1.44. The maximum Gasteiger partial charge on any atom is 0.243 e. The molecule has 1 amide bonds. The summed E-state index contributed by atoms with van der Waals surface area (Å²) >= 11 is 0. The van der Waals surface area contributed by atoms with Gasteiger partial charge in [-0.25, -0.2) is 8.42 Å². The second-order valence-electron chi connectivity index (χ2n) is 7.36. The fourth-order valence-corrected chi connectivity index (χ4v) is 5.23. The topological polar surface area (TPSA) is 86.7 Å². The van der Waals surface area contributed by atoms with Crippen molar-refractivity contribution in [1.29, 1.82) is 0 Å². The molecule has 1 saturated carbocycles. The van der Waals surface area contributed by atoms with Crippen LogP contribution in [0.5, 0.6) is 0 Å². The lowest BCUT2D eigenvalue weighted by molar-refractivity contribution is -0.121. The zero-order valence-corrected chi connectivity index (χ0v) is 15.9. The van der Waals surface area contributed by atoms with Crippen molar-refractivity contribution in [2.45, 2.75) is 68.4 Å². The van der Waals surface area contributed by atoms with Gasteiger partial charge in [0.05, 0.1) is 17.4 Å². The molecule has 2 aliphatic rings. The molecule has 0 unspecified atom stereocenters. The zero-order chi connectivity index (χ0) is 18.6. The van der Waals surface area contributed by atoms with Crippen LogP contribution in [0, 0.1) is 0 Å². The predicted molar refractivity (Wildman–Crippen MR) is 99.2 cm³/mol. The van der Waals surface area contributed by atoms with Gasteiger partial charge in [0.1, 0.15) is 0 Å². The summed E-state index contributed by atoms with van der Waals surface area (Å²) in [6.07, 6.45) is 5.98. The van der Waals surface area contributed by atoms with Crippen molar-refractivity contribution in [1.82, 2.24) is 9.62 Å². The fourth-order valence-electron chi connectivity index (χ4n) is 3.72. The number of carbonyl (C=O) groups is 1. The van der Waals surface area contributed by atoms with Gasteiger partial charge in [0.25, 0.3) is 0 Å². The van der Waals surface area contributed by atoms with Gasteiger partial charge < -0.3 is 10.4 Å². The van der Waals surface area contributed by atoms with Crippen LogP contribution in [0.3, 0.4) is 0 Å². The number of sulfonamides is 1. The number of nitrogens with one attached hydrogen (secondary N) is 1. The lowest BCUT2D eigenvalue weighted by atomic mass is 9.93. The minimum atomic E-state index is -3.43. The highest BCUT2D eigenvalue weighted by atomic mass is 32.2. The summed E-state index contributed by atoms with van der Waals surface area (Å²) in [7, 11) is -3.43. The third-order valence-electron chi connectivity index (χ3n) is 5.30. The van der Waals surface area contributed by atoms with Crippen molar-refractivity contribution in [3.63, 3.8) is 0 Å². The number of nitrogens with zero attached hydrogens (tertiary/aromatic N) is 1. The predicted octanol–water partition coefficient (Wildman–Crippen LogP) is 1.82. The summed E-state index contributed by atoms with van der Waals surface area (Å²) in [5, 5.41) is 12.5. The van der Waals surface area contributed by atoms with E-state index in [0.717, 1.165) is 50.5 Å². The van der Waals surface area contributed by atoms with E-state index < -0.39 is 10.0 Å². The first kappa shape index (κ1) is 19.3. The molecule has 0 atom stereocenters. The SMILES string of the molecule is O=C(Cc1ccc(S(=O)(=O)N2CCCCC2)cc1)NC1CCC(O)CC1. The second-order valence-corrected chi connectivity index (χ2v) is 9.30. The Kier molecular flexibility index (Phi) is 6.32. The van der Waals surface area contributed by atoms with Gasteiger partial charge in [0, 0.05) is 19.1 Å².